The van der Waals surface area contributed by atoms with Crippen LogP contribution in [0.15, 0.2) is 82.3 Å². The van der Waals surface area contributed by atoms with Gasteiger partial charge in [0.1, 0.15) is 29.7 Å². The molecule has 2 heterocycles. The van der Waals surface area contributed by atoms with Gasteiger partial charge in [-0.25, -0.2) is 22.9 Å². The lowest BCUT2D eigenvalue weighted by Gasteiger charge is -2.32. The van der Waals surface area contributed by atoms with Crippen LogP contribution in [0.5, 0.6) is 11.5 Å². The fourth-order valence-electron chi connectivity index (χ4n) is 5.01. The van der Waals surface area contributed by atoms with Gasteiger partial charge in [0, 0.05) is 11.8 Å². The van der Waals surface area contributed by atoms with Crippen LogP contribution in [-0.2, 0) is 42.0 Å². The number of esters is 2. The van der Waals surface area contributed by atoms with E-state index in [2.05, 4.69) is 15.2 Å². The van der Waals surface area contributed by atoms with Crippen LogP contribution in [0, 0.1) is 12.3 Å². The number of nitrogens with one attached hydrogen (secondary N) is 3. The van der Waals surface area contributed by atoms with Gasteiger partial charge in [-0.2, -0.15) is 10.2 Å². The van der Waals surface area contributed by atoms with Gasteiger partial charge < -0.3 is 23.3 Å². The monoisotopic (exact) mass is 824 g/mol. The summed E-state index contributed by atoms with van der Waals surface area (Å²) in [6, 6.07) is 13.2. The van der Waals surface area contributed by atoms with Crippen LogP contribution in [0.2, 0.25) is 0 Å². The molecule has 2 aromatic carbocycles. The zero-order valence-corrected chi connectivity index (χ0v) is 34.0. The summed E-state index contributed by atoms with van der Waals surface area (Å²) < 4.78 is 85.9. The molecule has 3 aromatic rings. The molecule has 17 nitrogen and oxygen atoms in total. The molecule has 20 heteroatoms. The van der Waals surface area contributed by atoms with Gasteiger partial charge in [0.25, 0.3) is 5.56 Å². The summed E-state index contributed by atoms with van der Waals surface area (Å²) in [5.74, 6) is -3.21. The van der Waals surface area contributed by atoms with E-state index < -0.39 is 99.4 Å². The van der Waals surface area contributed by atoms with E-state index in [4.69, 9.17) is 32.3 Å². The fourth-order valence-corrected chi connectivity index (χ4v) is 8.10. The molecule has 3 N–H and O–H groups in total. The number of hydrogen-bond acceptors (Lipinski definition) is 13. The number of aromatic amines is 1. The Labute approximate surface area is 323 Å². The fraction of sp³-hybridized carbons (Fsp3) is 0.444. The van der Waals surface area contributed by atoms with Crippen LogP contribution in [0.4, 0.5) is 4.39 Å². The third-order valence-electron chi connectivity index (χ3n) is 7.97. The number of rotatable bonds is 19. The number of para-hydroxylation sites is 2. The molecule has 0 amide bonds. The molecule has 0 fully saturated rings. The van der Waals surface area contributed by atoms with Crippen molar-refractivity contribution in [1.82, 2.24) is 19.7 Å². The summed E-state index contributed by atoms with van der Waals surface area (Å²) in [5, 5.41) is 5.06. The maximum atomic E-state index is 16.9. The summed E-state index contributed by atoms with van der Waals surface area (Å²) in [6.07, 6.45) is -1.48. The first-order valence-corrected chi connectivity index (χ1v) is 20.7. The van der Waals surface area contributed by atoms with E-state index in [9.17, 15) is 28.3 Å². The second kappa shape index (κ2) is 18.6. The number of aryl methyl sites for hydroxylation is 1. The average Bonchev–Trinajstić information content (AvgIpc) is 3.37. The average molecular weight is 825 g/mol. The number of ether oxygens (including phenoxy) is 3. The first-order chi connectivity index (χ1) is 26.2. The standard InChI is InChI=1S/C36H47FN4O13P2/c1-22(2)50-33(43)25(6)39-55(46,53-27-15-11-9-12-16-27)48-20-29-36(8,30(37)32(52-29)41-19-24(5)31(42)38-35(41)45)21-49-56(47,54-28-17-13-10-14-18-28)40-26(7)34(44)51-23(3)4/h9-19,22-23,25-26,29H,20-21H2,1-8H3,(H,39,46)(H,40,47)(H,38,42,45)/t25-,26-,29+,36?,55?,56?/m0/s1. The molecular formula is C36H47FN4O13P2. The molecule has 1 aromatic heterocycles. The third-order valence-corrected chi connectivity index (χ3v) is 11.2. The van der Waals surface area contributed by atoms with Crippen molar-refractivity contribution >= 4 is 33.3 Å². The number of aromatic nitrogens is 2. The Bertz CT molecular complexity index is 2090. The Morgan fingerprint density at radius 1 is 0.839 bits per heavy atom. The number of carbonyl (C=O) groups is 2. The molecule has 0 bridgehead atoms. The number of benzene rings is 2. The van der Waals surface area contributed by atoms with E-state index in [-0.39, 0.29) is 17.1 Å². The number of halogens is 1. The van der Waals surface area contributed by atoms with E-state index in [0.717, 1.165) is 10.8 Å². The summed E-state index contributed by atoms with van der Waals surface area (Å²) >= 11 is 0. The van der Waals surface area contributed by atoms with Gasteiger partial charge in [0.15, 0.2) is 5.83 Å². The molecule has 0 radical (unpaired) electrons. The van der Waals surface area contributed by atoms with Gasteiger partial charge >= 0.3 is 33.1 Å². The second-order valence-electron chi connectivity index (χ2n) is 13.6. The smallest absolute Gasteiger partial charge is 0.459 e. The van der Waals surface area contributed by atoms with Crippen molar-refractivity contribution < 1.29 is 55.4 Å². The van der Waals surface area contributed by atoms with E-state index in [1.807, 2.05) is 0 Å². The maximum Gasteiger partial charge on any atom is 0.459 e. The van der Waals surface area contributed by atoms with Gasteiger partial charge in [-0.05, 0) is 79.7 Å². The van der Waals surface area contributed by atoms with Gasteiger partial charge in [0.2, 0.25) is 5.88 Å². The number of hydrogen-bond donors (Lipinski definition) is 3. The summed E-state index contributed by atoms with van der Waals surface area (Å²) in [6.45, 7) is 10.3. The maximum absolute atomic E-state index is 16.9. The first-order valence-electron chi connectivity index (χ1n) is 17.6. The molecule has 1 aliphatic heterocycles. The Morgan fingerprint density at radius 2 is 1.30 bits per heavy atom. The minimum atomic E-state index is -4.59. The molecule has 0 saturated carbocycles. The highest BCUT2D eigenvalue weighted by molar-refractivity contribution is 7.52. The van der Waals surface area contributed by atoms with E-state index in [1.165, 1.54) is 52.0 Å². The molecule has 306 valence electrons. The lowest BCUT2D eigenvalue weighted by Crippen LogP contribution is -2.41. The lowest BCUT2D eigenvalue weighted by molar-refractivity contribution is -0.150. The normalized spacial score (nSPS) is 20.1. The van der Waals surface area contributed by atoms with Crippen molar-refractivity contribution in [3.05, 3.63) is 99.1 Å². The molecular weight excluding hydrogens is 777 g/mol. The molecule has 56 heavy (non-hydrogen) atoms. The topological polar surface area (TPSA) is 212 Å². The Balaban J connectivity index is 1.73. The predicted molar refractivity (Wildman–Crippen MR) is 202 cm³/mol. The third kappa shape index (κ3) is 11.5. The molecule has 3 unspecified atom stereocenters. The minimum absolute atomic E-state index is 0.0330. The zero-order chi connectivity index (χ0) is 41.4. The van der Waals surface area contributed by atoms with E-state index in [0.29, 0.717) is 0 Å². The Kier molecular flexibility index (Phi) is 14.6. The van der Waals surface area contributed by atoms with Gasteiger partial charge in [-0.3, -0.25) is 28.4 Å². The van der Waals surface area contributed by atoms with Crippen molar-refractivity contribution in [1.29, 1.82) is 0 Å². The van der Waals surface area contributed by atoms with Crippen molar-refractivity contribution in [3.63, 3.8) is 0 Å². The molecule has 0 aliphatic carbocycles. The van der Waals surface area contributed by atoms with Crippen molar-refractivity contribution in [3.8, 4) is 11.5 Å². The van der Waals surface area contributed by atoms with Gasteiger partial charge in [-0.1, -0.05) is 36.4 Å². The van der Waals surface area contributed by atoms with Crippen LogP contribution in [-0.4, -0.2) is 65.1 Å². The van der Waals surface area contributed by atoms with Gasteiger partial charge in [-0.15, -0.1) is 0 Å². The van der Waals surface area contributed by atoms with Crippen LogP contribution >= 0.6 is 15.5 Å². The molecule has 0 saturated heterocycles. The molecule has 1 aliphatic rings. The van der Waals surface area contributed by atoms with E-state index >= 15 is 4.39 Å². The quantitative estimate of drug-likeness (QED) is 0.0990. The van der Waals surface area contributed by atoms with Crippen molar-refractivity contribution in [2.75, 3.05) is 13.2 Å². The largest absolute Gasteiger partial charge is 0.470 e. The lowest BCUT2D eigenvalue weighted by atomic mass is 9.85. The number of carbonyl (C=O) groups excluding carboxylic acids is 2. The molecule has 0 spiro atoms. The summed E-state index contributed by atoms with van der Waals surface area (Å²) in [4.78, 5) is 52.6. The summed E-state index contributed by atoms with van der Waals surface area (Å²) in [5.41, 5.74) is -3.75. The summed E-state index contributed by atoms with van der Waals surface area (Å²) in [7, 11) is -9.14. The molecule has 6 atom stereocenters. The van der Waals surface area contributed by atoms with Crippen molar-refractivity contribution in [2.24, 2.45) is 5.41 Å². The van der Waals surface area contributed by atoms with Crippen LogP contribution in [0.3, 0.4) is 0 Å². The second-order valence-corrected chi connectivity index (χ2v) is 17.0. The van der Waals surface area contributed by atoms with E-state index in [1.54, 1.807) is 64.1 Å². The predicted octanol–water partition coefficient (Wildman–Crippen LogP) is 5.61. The SMILES string of the molecule is Cc1cn(C2=C(F)C(C)(COP(=O)(N[C@@H](C)C(=O)OC(C)C)Oc3ccccc3)[C@@H](COP(=O)(N[C@@H](C)C(=O)OC(C)C)Oc3ccccc3)O2)c(=O)[nH]c1=O. The number of H-pyrrole nitrogens is 1. The van der Waals surface area contributed by atoms with Crippen molar-refractivity contribution in [2.45, 2.75) is 85.8 Å². The first kappa shape index (κ1) is 44.1. The number of nitrogens with zero attached hydrogens (tertiary/aromatic N) is 1. The molecule has 4 rings (SSSR count). The highest BCUT2D eigenvalue weighted by atomic mass is 31.2. The van der Waals surface area contributed by atoms with Crippen LogP contribution < -0.4 is 30.5 Å². The Morgan fingerprint density at radius 3 is 1.77 bits per heavy atom. The Hall–Kier alpha value is -4.57. The highest BCUT2D eigenvalue weighted by Crippen LogP contribution is 2.53. The minimum Gasteiger partial charge on any atom is -0.470 e. The zero-order valence-electron chi connectivity index (χ0n) is 32.2. The van der Waals surface area contributed by atoms with Gasteiger partial charge in [0.05, 0.1) is 30.8 Å². The van der Waals surface area contributed by atoms with Crippen LogP contribution in [0.1, 0.15) is 54.0 Å². The highest BCUT2D eigenvalue weighted by Gasteiger charge is 2.52. The van der Waals surface area contributed by atoms with Crippen LogP contribution in [0.25, 0.3) is 5.88 Å².